The van der Waals surface area contributed by atoms with Gasteiger partial charge in [-0.1, -0.05) is 0 Å². The van der Waals surface area contributed by atoms with Gasteiger partial charge in [0, 0.05) is 10.5 Å². The topological polar surface area (TPSA) is 54.0 Å². The molecular weight excluding hydrogens is 280 g/mol. The molecule has 1 atom stereocenters. The van der Waals surface area contributed by atoms with Crippen molar-refractivity contribution >= 4 is 23.8 Å². The van der Waals surface area contributed by atoms with Crippen molar-refractivity contribution in [3.8, 4) is 11.5 Å². The van der Waals surface area contributed by atoms with Gasteiger partial charge in [0.25, 0.3) is 0 Å². The second-order valence-corrected chi connectivity index (χ2v) is 5.13. The fourth-order valence-corrected chi connectivity index (χ4v) is 3.16. The predicted octanol–water partition coefficient (Wildman–Crippen LogP) is 2.34. The van der Waals surface area contributed by atoms with E-state index in [0.717, 1.165) is 10.5 Å². The molecule has 20 heavy (non-hydrogen) atoms. The third-order valence-electron chi connectivity index (χ3n) is 2.98. The number of carbonyl (C=O) groups excluding carboxylic acids is 1. The Balaban J connectivity index is 2.53. The largest absolute Gasteiger partial charge is 0.499 e. The van der Waals surface area contributed by atoms with Gasteiger partial charge in [0.1, 0.15) is 5.76 Å². The van der Waals surface area contributed by atoms with Crippen LogP contribution in [0.5, 0.6) is 11.5 Å². The Morgan fingerprint density at radius 2 is 1.85 bits per heavy atom. The zero-order valence-corrected chi connectivity index (χ0v) is 12.6. The number of hydrogen-bond donors (Lipinski definition) is 0. The van der Waals surface area contributed by atoms with Crippen molar-refractivity contribution in [1.29, 1.82) is 0 Å². The number of methoxy groups -OCH3 is 4. The zero-order chi connectivity index (χ0) is 14.7. The average molecular weight is 296 g/mol. The van der Waals surface area contributed by atoms with Gasteiger partial charge in [0.05, 0.1) is 28.4 Å². The highest BCUT2D eigenvalue weighted by Gasteiger charge is 2.32. The molecule has 108 valence electrons. The van der Waals surface area contributed by atoms with Crippen LogP contribution in [0.1, 0.15) is 5.56 Å². The fourth-order valence-electron chi connectivity index (χ4n) is 2.01. The van der Waals surface area contributed by atoms with Gasteiger partial charge < -0.3 is 18.9 Å². The normalized spacial score (nSPS) is 16.8. The lowest BCUT2D eigenvalue weighted by Crippen LogP contribution is -2.24. The standard InChI is InChI=1S/C14H16O5S/c1-16-9-5-6-11-8(12(9)18-3)7-10(17-2)13(20-11)14(15)19-4/h5-7,13H,1-4H3. The molecule has 0 N–H and O–H groups in total. The molecule has 1 unspecified atom stereocenters. The Labute approximate surface area is 121 Å². The minimum Gasteiger partial charge on any atom is -0.499 e. The van der Waals surface area contributed by atoms with Crippen LogP contribution in [0.4, 0.5) is 0 Å². The van der Waals surface area contributed by atoms with Gasteiger partial charge in [-0.25, -0.2) is 0 Å². The summed E-state index contributed by atoms with van der Waals surface area (Å²) in [5.74, 6) is 1.44. The summed E-state index contributed by atoms with van der Waals surface area (Å²) in [6.45, 7) is 0. The Morgan fingerprint density at radius 1 is 1.10 bits per heavy atom. The van der Waals surface area contributed by atoms with E-state index in [1.54, 1.807) is 20.3 Å². The summed E-state index contributed by atoms with van der Waals surface area (Å²) in [6, 6.07) is 3.70. The molecule has 0 fully saturated rings. The van der Waals surface area contributed by atoms with Gasteiger partial charge in [-0.2, -0.15) is 0 Å². The Bertz CT molecular complexity index is 553. The highest BCUT2D eigenvalue weighted by molar-refractivity contribution is 8.01. The molecule has 1 heterocycles. The lowest BCUT2D eigenvalue weighted by atomic mass is 10.1. The molecule has 6 heteroatoms. The summed E-state index contributed by atoms with van der Waals surface area (Å²) in [7, 11) is 6.05. The predicted molar refractivity (Wildman–Crippen MR) is 76.2 cm³/mol. The van der Waals surface area contributed by atoms with Crippen LogP contribution in [-0.2, 0) is 14.3 Å². The molecule has 1 aromatic carbocycles. The Hall–Kier alpha value is -1.82. The van der Waals surface area contributed by atoms with Crippen LogP contribution < -0.4 is 9.47 Å². The SMILES string of the molecule is COC(=O)C1Sc2ccc(OC)c(OC)c2C=C1OC. The molecule has 0 aromatic heterocycles. The summed E-state index contributed by atoms with van der Waals surface area (Å²) in [6.07, 6.45) is 1.79. The van der Waals surface area contributed by atoms with E-state index in [1.165, 1.54) is 26.0 Å². The maximum absolute atomic E-state index is 11.8. The van der Waals surface area contributed by atoms with Crippen LogP contribution >= 0.6 is 11.8 Å². The first-order valence-corrected chi connectivity index (χ1v) is 6.79. The molecule has 5 nitrogen and oxygen atoms in total. The van der Waals surface area contributed by atoms with Crippen molar-refractivity contribution in [1.82, 2.24) is 0 Å². The summed E-state index contributed by atoms with van der Waals surface area (Å²) >= 11 is 1.37. The molecule has 0 bridgehead atoms. The van der Waals surface area contributed by atoms with Crippen LogP contribution in [0.2, 0.25) is 0 Å². The van der Waals surface area contributed by atoms with E-state index >= 15 is 0 Å². The molecule has 2 rings (SSSR count). The summed E-state index contributed by atoms with van der Waals surface area (Å²) in [5, 5.41) is -0.504. The Morgan fingerprint density at radius 3 is 2.40 bits per heavy atom. The molecule has 0 saturated heterocycles. The number of carbonyl (C=O) groups is 1. The van der Waals surface area contributed by atoms with Crippen molar-refractivity contribution < 1.29 is 23.7 Å². The van der Waals surface area contributed by atoms with Crippen molar-refractivity contribution in [3.05, 3.63) is 23.5 Å². The molecule has 0 spiro atoms. The van der Waals surface area contributed by atoms with Gasteiger partial charge in [0.2, 0.25) is 0 Å². The van der Waals surface area contributed by atoms with Crippen molar-refractivity contribution in [2.45, 2.75) is 10.1 Å². The molecule has 1 aliphatic rings. The van der Waals surface area contributed by atoms with E-state index < -0.39 is 5.25 Å². The number of fused-ring (bicyclic) bond motifs is 1. The lowest BCUT2D eigenvalue weighted by Gasteiger charge is -2.24. The quantitative estimate of drug-likeness (QED) is 0.795. The summed E-state index contributed by atoms with van der Waals surface area (Å²) in [4.78, 5) is 12.7. The maximum Gasteiger partial charge on any atom is 0.326 e. The van der Waals surface area contributed by atoms with Gasteiger partial charge in [0.15, 0.2) is 16.7 Å². The van der Waals surface area contributed by atoms with Crippen molar-refractivity contribution in [2.24, 2.45) is 0 Å². The van der Waals surface area contributed by atoms with Crippen LogP contribution in [0.3, 0.4) is 0 Å². The number of benzene rings is 1. The molecule has 0 aliphatic carbocycles. The smallest absolute Gasteiger partial charge is 0.326 e. The number of rotatable bonds is 4. The minimum atomic E-state index is -0.504. The number of esters is 1. The molecule has 0 radical (unpaired) electrons. The molecule has 1 aromatic rings. The highest BCUT2D eigenvalue weighted by Crippen LogP contribution is 2.45. The highest BCUT2D eigenvalue weighted by atomic mass is 32.2. The van der Waals surface area contributed by atoms with Crippen LogP contribution in [0, 0.1) is 0 Å². The second kappa shape index (κ2) is 6.09. The van der Waals surface area contributed by atoms with Gasteiger partial charge in [-0.3, -0.25) is 4.79 Å². The van der Waals surface area contributed by atoms with Crippen LogP contribution in [-0.4, -0.2) is 39.7 Å². The van der Waals surface area contributed by atoms with E-state index in [4.69, 9.17) is 18.9 Å². The van der Waals surface area contributed by atoms with E-state index in [0.29, 0.717) is 17.3 Å². The van der Waals surface area contributed by atoms with Crippen LogP contribution in [0.15, 0.2) is 22.8 Å². The third-order valence-corrected chi connectivity index (χ3v) is 4.26. The number of hydrogen-bond acceptors (Lipinski definition) is 6. The monoisotopic (exact) mass is 296 g/mol. The average Bonchev–Trinajstić information content (AvgIpc) is 2.51. The van der Waals surface area contributed by atoms with Crippen molar-refractivity contribution in [2.75, 3.05) is 28.4 Å². The first-order chi connectivity index (χ1) is 9.65. The number of ether oxygens (including phenoxy) is 4. The number of thioether (sulfide) groups is 1. The van der Waals surface area contributed by atoms with Gasteiger partial charge in [-0.05, 0) is 18.2 Å². The third kappa shape index (κ3) is 2.43. The molecule has 0 amide bonds. The van der Waals surface area contributed by atoms with E-state index in [2.05, 4.69) is 0 Å². The van der Waals surface area contributed by atoms with E-state index in [1.807, 2.05) is 12.1 Å². The lowest BCUT2D eigenvalue weighted by molar-refractivity contribution is -0.139. The maximum atomic E-state index is 11.8. The molecule has 1 aliphatic heterocycles. The first kappa shape index (κ1) is 14.6. The Kier molecular flexibility index (Phi) is 4.44. The second-order valence-electron chi connectivity index (χ2n) is 3.98. The summed E-state index contributed by atoms with van der Waals surface area (Å²) in [5.41, 5.74) is 0.842. The van der Waals surface area contributed by atoms with Crippen LogP contribution in [0.25, 0.3) is 6.08 Å². The first-order valence-electron chi connectivity index (χ1n) is 5.91. The van der Waals surface area contributed by atoms with Crippen molar-refractivity contribution in [3.63, 3.8) is 0 Å². The summed E-state index contributed by atoms with van der Waals surface area (Å²) < 4.78 is 20.8. The van der Waals surface area contributed by atoms with E-state index in [-0.39, 0.29) is 5.97 Å². The molecule has 0 saturated carbocycles. The molecular formula is C14H16O5S. The zero-order valence-electron chi connectivity index (χ0n) is 11.8. The van der Waals surface area contributed by atoms with Gasteiger partial charge >= 0.3 is 5.97 Å². The van der Waals surface area contributed by atoms with E-state index in [9.17, 15) is 4.79 Å². The van der Waals surface area contributed by atoms with Gasteiger partial charge in [-0.15, -0.1) is 11.8 Å². The minimum absolute atomic E-state index is 0.344. The fraction of sp³-hybridized carbons (Fsp3) is 0.357.